The van der Waals surface area contributed by atoms with Gasteiger partial charge in [-0.2, -0.15) is 4.99 Å². The number of nitrogens with zero attached hydrogens (tertiary/aromatic N) is 1. The van der Waals surface area contributed by atoms with Gasteiger partial charge in [0.2, 0.25) is 8.80 Å². The Morgan fingerprint density at radius 3 is 2.61 bits per heavy atom. The number of anilines is 1. The van der Waals surface area contributed by atoms with Crippen LogP contribution in [-0.2, 0) is 14.8 Å². The Labute approximate surface area is 126 Å². The molecule has 1 aromatic carbocycles. The normalized spacial score (nSPS) is 12.7. The Morgan fingerprint density at radius 2 is 2.11 bits per heavy atom. The quantitative estimate of drug-likeness (QED) is 0.349. The average Bonchev–Trinajstić information content (AvgIpc) is 2.24. The molecule has 0 heterocycles. The Balaban J connectivity index is 3.26. The second kappa shape index (κ2) is 6.16. The first-order valence-electron chi connectivity index (χ1n) is 4.14. The summed E-state index contributed by atoms with van der Waals surface area (Å²) in [4.78, 5) is 13.1. The fourth-order valence-corrected chi connectivity index (χ4v) is 2.28. The minimum absolute atomic E-state index is 0.130. The molecule has 0 aliphatic heterocycles. The van der Waals surface area contributed by atoms with Crippen LogP contribution in [0, 0.1) is 5.82 Å². The van der Waals surface area contributed by atoms with Crippen LogP contribution in [0.1, 0.15) is 0 Å². The van der Waals surface area contributed by atoms with E-state index in [1.54, 1.807) is 0 Å². The maximum Gasteiger partial charge on any atom is 0.259 e. The molecular weight excluding hydrogens is 421 g/mol. The van der Waals surface area contributed by atoms with E-state index >= 15 is 0 Å². The predicted molar refractivity (Wildman–Crippen MR) is 75.4 cm³/mol. The lowest BCUT2D eigenvalue weighted by atomic mass is 10.3. The van der Waals surface area contributed by atoms with Crippen molar-refractivity contribution in [1.29, 1.82) is 0 Å². The van der Waals surface area contributed by atoms with E-state index in [0.717, 1.165) is 18.2 Å². The molecule has 0 aliphatic rings. The minimum atomic E-state index is -3.86. The molecular formula is C8H4Cl2FIN2O3S. The van der Waals surface area contributed by atoms with Crippen molar-refractivity contribution in [3.63, 3.8) is 0 Å². The highest BCUT2D eigenvalue weighted by Crippen LogP contribution is 2.31. The number of alkyl halides is 2. The molecule has 0 saturated carbocycles. The van der Waals surface area contributed by atoms with Gasteiger partial charge in [-0.05, 0) is 34.7 Å². The molecule has 1 N–H and O–H groups in total. The predicted octanol–water partition coefficient (Wildman–Crippen LogP) is 3.15. The molecule has 98 valence electrons. The number of benzene rings is 1. The van der Waals surface area contributed by atoms with Crippen molar-refractivity contribution in [3.05, 3.63) is 23.0 Å². The van der Waals surface area contributed by atoms with Gasteiger partial charge in [0.25, 0.3) is 10.0 Å². The fourth-order valence-electron chi connectivity index (χ4n) is 0.948. The molecule has 18 heavy (non-hydrogen) atoms. The highest BCUT2D eigenvalue weighted by molar-refractivity contribution is 14.1. The van der Waals surface area contributed by atoms with Crippen LogP contribution in [0.15, 0.2) is 17.1 Å². The number of sulfonamides is 1. The molecule has 10 heteroatoms. The van der Waals surface area contributed by atoms with Crippen LogP contribution in [0.25, 0.3) is 0 Å². The Hall–Kier alpha value is -0.410. The first-order chi connectivity index (χ1) is 8.27. The van der Waals surface area contributed by atoms with E-state index in [2.05, 4.69) is 9.71 Å². The maximum absolute atomic E-state index is 13.2. The summed E-state index contributed by atoms with van der Waals surface area (Å²) < 4.78 is 37.1. The molecule has 0 amide bonds. The zero-order valence-electron chi connectivity index (χ0n) is 8.32. The summed E-state index contributed by atoms with van der Waals surface area (Å²) in [5, 5.41) is -0.186. The molecule has 1 atom stereocenters. The number of aliphatic imine (C=N–C) groups is 1. The van der Waals surface area contributed by atoms with Gasteiger partial charge < -0.3 is 0 Å². The summed E-state index contributed by atoms with van der Waals surface area (Å²) in [5.41, 5.74) is -0.513. The molecule has 0 bridgehead atoms. The van der Waals surface area contributed by atoms with Crippen LogP contribution in [0.5, 0.6) is 0 Å². The van der Waals surface area contributed by atoms with Crippen molar-refractivity contribution >= 4 is 73.3 Å². The van der Waals surface area contributed by atoms with Gasteiger partial charge in [-0.1, -0.05) is 23.2 Å². The number of nitrogens with one attached hydrogen (secondary N) is 1. The fraction of sp³-hybridized carbons (Fsp3) is 0.125. The van der Waals surface area contributed by atoms with Gasteiger partial charge >= 0.3 is 0 Å². The van der Waals surface area contributed by atoms with Gasteiger partial charge in [0.1, 0.15) is 5.69 Å². The monoisotopic (exact) mass is 424 g/mol. The number of carbonyl (C=O) groups excluding carboxylic acids is 1. The number of hydrogen-bond acceptors (Lipinski definition) is 4. The van der Waals surface area contributed by atoms with Crippen LogP contribution in [-0.4, -0.2) is 17.2 Å². The summed E-state index contributed by atoms with van der Waals surface area (Å²) >= 11 is 12.6. The lowest BCUT2D eigenvalue weighted by Gasteiger charge is -2.10. The molecule has 1 aromatic rings. The van der Waals surface area contributed by atoms with Crippen LogP contribution in [0.3, 0.4) is 0 Å². The highest BCUT2D eigenvalue weighted by Gasteiger charge is 2.21. The third-order valence-electron chi connectivity index (χ3n) is 1.69. The Morgan fingerprint density at radius 1 is 1.50 bits per heavy atom. The van der Waals surface area contributed by atoms with E-state index in [1.807, 2.05) is 0 Å². The molecule has 0 spiro atoms. The van der Waals surface area contributed by atoms with Gasteiger partial charge in [-0.25, -0.2) is 17.6 Å². The molecule has 0 aliphatic carbocycles. The lowest BCUT2D eigenvalue weighted by Crippen LogP contribution is -2.18. The number of halogens is 4. The third kappa shape index (κ3) is 3.79. The Bertz CT molecular complexity index is 617. The van der Waals surface area contributed by atoms with Crippen molar-refractivity contribution in [2.24, 2.45) is 4.99 Å². The minimum Gasteiger partial charge on any atom is -0.280 e. The molecule has 0 fully saturated rings. The van der Waals surface area contributed by atoms with Crippen molar-refractivity contribution in [2.45, 2.75) is 2.72 Å². The number of isocyanates is 1. The molecule has 0 saturated heterocycles. The lowest BCUT2D eigenvalue weighted by molar-refractivity contribution is 0.564. The van der Waals surface area contributed by atoms with E-state index in [9.17, 15) is 17.6 Å². The summed E-state index contributed by atoms with van der Waals surface area (Å²) in [6, 6.07) is 1.79. The standard InChI is InChI=1S/C8H4Cl2FIN2O3S/c9-4-1-5(11)7(13-3-15)2-6(4)14-18(16,17)8(10)12/h1-2,8,14H. The highest BCUT2D eigenvalue weighted by atomic mass is 127. The topological polar surface area (TPSA) is 75.6 Å². The van der Waals surface area contributed by atoms with Crippen molar-refractivity contribution in [3.8, 4) is 0 Å². The van der Waals surface area contributed by atoms with E-state index in [4.69, 9.17) is 23.2 Å². The molecule has 5 nitrogen and oxygen atoms in total. The summed E-state index contributed by atoms with van der Waals surface area (Å²) in [6.07, 6.45) is 1.14. The van der Waals surface area contributed by atoms with Gasteiger partial charge in [0, 0.05) is 0 Å². The van der Waals surface area contributed by atoms with Crippen molar-refractivity contribution in [2.75, 3.05) is 4.72 Å². The van der Waals surface area contributed by atoms with Crippen LogP contribution in [0.2, 0.25) is 5.02 Å². The van der Waals surface area contributed by atoms with Crippen LogP contribution >= 0.6 is 45.8 Å². The zero-order valence-corrected chi connectivity index (χ0v) is 12.8. The number of hydrogen-bond donors (Lipinski definition) is 1. The second-order valence-corrected chi connectivity index (χ2v) is 8.59. The zero-order chi connectivity index (χ0) is 13.9. The van der Waals surface area contributed by atoms with Crippen LogP contribution < -0.4 is 4.72 Å². The van der Waals surface area contributed by atoms with Crippen molar-refractivity contribution < 1.29 is 17.6 Å². The van der Waals surface area contributed by atoms with E-state index < -0.39 is 18.6 Å². The first kappa shape index (κ1) is 15.6. The average molecular weight is 425 g/mol. The largest absolute Gasteiger partial charge is 0.280 e. The third-order valence-corrected chi connectivity index (χ3v) is 5.69. The molecule has 1 rings (SSSR count). The molecule has 1 unspecified atom stereocenters. The van der Waals surface area contributed by atoms with E-state index in [0.29, 0.717) is 0 Å². The molecule has 0 aromatic heterocycles. The van der Waals surface area contributed by atoms with Gasteiger partial charge in [-0.15, -0.1) is 0 Å². The molecule has 0 radical (unpaired) electrons. The van der Waals surface area contributed by atoms with Crippen molar-refractivity contribution in [1.82, 2.24) is 0 Å². The first-order valence-corrected chi connectivity index (χ1v) is 7.75. The Kier molecular flexibility index (Phi) is 5.35. The van der Waals surface area contributed by atoms with Gasteiger partial charge in [0.15, 0.2) is 5.82 Å². The number of rotatable bonds is 4. The van der Waals surface area contributed by atoms with E-state index in [-0.39, 0.29) is 16.4 Å². The van der Waals surface area contributed by atoms with E-state index in [1.165, 1.54) is 22.6 Å². The van der Waals surface area contributed by atoms with Gasteiger partial charge in [0.05, 0.1) is 10.7 Å². The van der Waals surface area contributed by atoms with Crippen LogP contribution in [0.4, 0.5) is 15.8 Å². The summed E-state index contributed by atoms with van der Waals surface area (Å²) in [6.45, 7) is 0. The SMILES string of the molecule is O=C=Nc1cc(NS(=O)(=O)C(Cl)I)c(Cl)cc1F. The summed E-state index contributed by atoms with van der Waals surface area (Å²) in [5.74, 6) is -0.872. The maximum atomic E-state index is 13.2. The summed E-state index contributed by atoms with van der Waals surface area (Å²) in [7, 11) is -3.86. The second-order valence-electron chi connectivity index (χ2n) is 2.89. The smallest absolute Gasteiger partial charge is 0.259 e. The van der Waals surface area contributed by atoms with Gasteiger partial charge in [-0.3, -0.25) is 4.72 Å².